The predicted molar refractivity (Wildman–Crippen MR) is 76.3 cm³/mol. The molecule has 20 heavy (non-hydrogen) atoms. The molecule has 0 saturated carbocycles. The van der Waals surface area contributed by atoms with Crippen molar-refractivity contribution in [3.05, 3.63) is 24.0 Å². The third-order valence-corrected chi connectivity index (χ3v) is 2.79. The highest BCUT2D eigenvalue weighted by Gasteiger charge is 2.10. The van der Waals surface area contributed by atoms with Gasteiger partial charge < -0.3 is 16.0 Å². The Morgan fingerprint density at radius 2 is 2.30 bits per heavy atom. The minimum absolute atomic E-state index is 0.0862. The van der Waals surface area contributed by atoms with E-state index in [0.29, 0.717) is 18.8 Å². The monoisotopic (exact) mass is 278 g/mol. The van der Waals surface area contributed by atoms with Crippen LogP contribution in [0.2, 0.25) is 0 Å². The van der Waals surface area contributed by atoms with Gasteiger partial charge in [0.1, 0.15) is 5.82 Å². The molecule has 6 heteroatoms. The van der Waals surface area contributed by atoms with E-state index in [2.05, 4.69) is 11.4 Å². The normalized spacial score (nSPS) is 11.9. The van der Waals surface area contributed by atoms with Crippen LogP contribution in [0.25, 0.3) is 0 Å². The fraction of sp³-hybridized carbons (Fsp3) is 0.429. The molecule has 0 aliphatic heterocycles. The third-order valence-electron chi connectivity index (χ3n) is 2.79. The SMILES string of the molecule is CC(C#N)CN(C)CCC(=O)Nc1cc(N)ccc1F. The van der Waals surface area contributed by atoms with E-state index in [-0.39, 0.29) is 23.9 Å². The largest absolute Gasteiger partial charge is 0.399 e. The lowest BCUT2D eigenvalue weighted by Gasteiger charge is -2.17. The summed E-state index contributed by atoms with van der Waals surface area (Å²) in [5.41, 5.74) is 6.02. The highest BCUT2D eigenvalue weighted by Crippen LogP contribution is 2.17. The standard InChI is InChI=1S/C14H19FN4O/c1-10(8-16)9-19(2)6-5-14(20)18-13-7-11(17)3-4-12(13)15/h3-4,7,10H,5-6,9,17H2,1-2H3,(H,18,20). The number of hydrogen-bond acceptors (Lipinski definition) is 4. The molecule has 108 valence electrons. The number of benzene rings is 1. The van der Waals surface area contributed by atoms with Crippen molar-refractivity contribution in [2.75, 3.05) is 31.2 Å². The maximum atomic E-state index is 13.4. The van der Waals surface area contributed by atoms with Crippen LogP contribution in [0.3, 0.4) is 0 Å². The van der Waals surface area contributed by atoms with E-state index < -0.39 is 5.82 Å². The summed E-state index contributed by atoms with van der Waals surface area (Å²) in [5, 5.41) is 11.2. The van der Waals surface area contributed by atoms with Crippen LogP contribution in [0.15, 0.2) is 18.2 Å². The summed E-state index contributed by atoms with van der Waals surface area (Å²) >= 11 is 0. The van der Waals surface area contributed by atoms with Crippen LogP contribution >= 0.6 is 0 Å². The van der Waals surface area contributed by atoms with E-state index in [0.717, 1.165) is 0 Å². The van der Waals surface area contributed by atoms with Gasteiger partial charge in [-0.2, -0.15) is 5.26 Å². The summed E-state index contributed by atoms with van der Waals surface area (Å²) in [7, 11) is 1.84. The molecule has 1 rings (SSSR count). The van der Waals surface area contributed by atoms with Gasteiger partial charge in [-0.1, -0.05) is 0 Å². The van der Waals surface area contributed by atoms with Crippen LogP contribution in [0, 0.1) is 23.1 Å². The number of carbonyl (C=O) groups is 1. The first-order chi connectivity index (χ1) is 9.42. The van der Waals surface area contributed by atoms with Crippen LogP contribution in [-0.2, 0) is 4.79 Å². The van der Waals surface area contributed by atoms with Gasteiger partial charge in [0.15, 0.2) is 0 Å². The fourth-order valence-corrected chi connectivity index (χ4v) is 1.74. The Morgan fingerprint density at radius 3 is 2.95 bits per heavy atom. The molecule has 0 aromatic heterocycles. The molecule has 1 unspecified atom stereocenters. The topological polar surface area (TPSA) is 82.2 Å². The molecule has 0 aliphatic carbocycles. The van der Waals surface area contributed by atoms with Gasteiger partial charge in [0.25, 0.3) is 0 Å². The molecular weight excluding hydrogens is 259 g/mol. The van der Waals surface area contributed by atoms with E-state index >= 15 is 0 Å². The lowest BCUT2D eigenvalue weighted by molar-refractivity contribution is -0.116. The van der Waals surface area contributed by atoms with Crippen molar-refractivity contribution in [2.24, 2.45) is 5.92 Å². The summed E-state index contributed by atoms with van der Waals surface area (Å²) in [4.78, 5) is 13.6. The van der Waals surface area contributed by atoms with Crippen molar-refractivity contribution in [3.63, 3.8) is 0 Å². The maximum absolute atomic E-state index is 13.4. The Labute approximate surface area is 118 Å². The molecule has 3 N–H and O–H groups in total. The first kappa shape index (κ1) is 15.9. The lowest BCUT2D eigenvalue weighted by Crippen LogP contribution is -2.28. The molecule has 0 fully saturated rings. The minimum Gasteiger partial charge on any atom is -0.399 e. The zero-order valence-corrected chi connectivity index (χ0v) is 11.7. The summed E-state index contributed by atoms with van der Waals surface area (Å²) in [6.45, 7) is 2.91. The average Bonchev–Trinajstić information content (AvgIpc) is 2.40. The van der Waals surface area contributed by atoms with E-state index in [4.69, 9.17) is 11.0 Å². The molecule has 0 spiro atoms. The van der Waals surface area contributed by atoms with Crippen molar-refractivity contribution in [1.29, 1.82) is 5.26 Å². The van der Waals surface area contributed by atoms with Gasteiger partial charge in [-0.3, -0.25) is 4.79 Å². The number of nitrogen functional groups attached to an aromatic ring is 1. The van der Waals surface area contributed by atoms with Gasteiger partial charge in [0, 0.05) is 25.2 Å². The molecule has 0 heterocycles. The number of nitrogens with one attached hydrogen (secondary N) is 1. The fourth-order valence-electron chi connectivity index (χ4n) is 1.74. The Kier molecular flexibility index (Phi) is 5.94. The number of nitriles is 1. The van der Waals surface area contributed by atoms with Crippen molar-refractivity contribution in [1.82, 2.24) is 4.90 Å². The van der Waals surface area contributed by atoms with E-state index in [1.54, 1.807) is 0 Å². The van der Waals surface area contributed by atoms with Crippen molar-refractivity contribution >= 4 is 17.3 Å². The molecule has 0 aliphatic rings. The quantitative estimate of drug-likeness (QED) is 0.778. The van der Waals surface area contributed by atoms with Gasteiger partial charge in [0.05, 0.1) is 17.7 Å². The molecule has 1 atom stereocenters. The van der Waals surface area contributed by atoms with E-state index in [9.17, 15) is 9.18 Å². The van der Waals surface area contributed by atoms with Gasteiger partial charge in [-0.15, -0.1) is 0 Å². The Morgan fingerprint density at radius 1 is 1.60 bits per heavy atom. The second-order valence-corrected chi connectivity index (χ2v) is 4.83. The van der Waals surface area contributed by atoms with Crippen LogP contribution in [-0.4, -0.2) is 30.9 Å². The van der Waals surface area contributed by atoms with Gasteiger partial charge in [-0.25, -0.2) is 4.39 Å². The van der Waals surface area contributed by atoms with Crippen LogP contribution < -0.4 is 11.1 Å². The van der Waals surface area contributed by atoms with Crippen LogP contribution in [0.5, 0.6) is 0 Å². The minimum atomic E-state index is -0.515. The van der Waals surface area contributed by atoms with Crippen molar-refractivity contribution < 1.29 is 9.18 Å². The Bertz CT molecular complexity index is 512. The zero-order chi connectivity index (χ0) is 15.1. The highest BCUT2D eigenvalue weighted by molar-refractivity contribution is 5.91. The number of anilines is 2. The van der Waals surface area contributed by atoms with Gasteiger partial charge in [0.2, 0.25) is 5.91 Å². The molecule has 0 radical (unpaired) electrons. The first-order valence-electron chi connectivity index (χ1n) is 6.35. The second kappa shape index (κ2) is 7.46. The number of rotatable bonds is 6. The maximum Gasteiger partial charge on any atom is 0.225 e. The molecule has 5 nitrogen and oxygen atoms in total. The van der Waals surface area contributed by atoms with Crippen LogP contribution in [0.4, 0.5) is 15.8 Å². The summed E-state index contributed by atoms with van der Waals surface area (Å²) in [6, 6.07) is 6.16. The number of nitrogens with two attached hydrogens (primary N) is 1. The summed E-state index contributed by atoms with van der Waals surface area (Å²) in [6.07, 6.45) is 0.225. The third kappa shape index (κ3) is 5.24. The van der Waals surface area contributed by atoms with Gasteiger partial charge >= 0.3 is 0 Å². The molecule has 0 bridgehead atoms. The second-order valence-electron chi connectivity index (χ2n) is 4.83. The Balaban J connectivity index is 2.44. The van der Waals surface area contributed by atoms with Crippen LogP contribution in [0.1, 0.15) is 13.3 Å². The summed E-state index contributed by atoms with van der Waals surface area (Å²) in [5.74, 6) is -0.889. The molecule has 1 amide bonds. The lowest BCUT2D eigenvalue weighted by atomic mass is 10.2. The molecular formula is C14H19FN4O. The number of hydrogen-bond donors (Lipinski definition) is 2. The Hall–Kier alpha value is -2.13. The number of nitrogens with zero attached hydrogens (tertiary/aromatic N) is 2. The zero-order valence-electron chi connectivity index (χ0n) is 11.7. The van der Waals surface area contributed by atoms with E-state index in [1.165, 1.54) is 18.2 Å². The van der Waals surface area contributed by atoms with Gasteiger partial charge in [-0.05, 0) is 32.2 Å². The smallest absolute Gasteiger partial charge is 0.225 e. The van der Waals surface area contributed by atoms with Crippen molar-refractivity contribution in [2.45, 2.75) is 13.3 Å². The van der Waals surface area contributed by atoms with Crippen molar-refractivity contribution in [3.8, 4) is 6.07 Å². The number of carbonyl (C=O) groups excluding carboxylic acids is 1. The molecule has 0 saturated heterocycles. The van der Waals surface area contributed by atoms with E-state index in [1.807, 2.05) is 18.9 Å². The highest BCUT2D eigenvalue weighted by atomic mass is 19.1. The number of halogens is 1. The average molecular weight is 278 g/mol. The number of amides is 1. The predicted octanol–water partition coefficient (Wildman–Crippen LogP) is 1.83. The summed E-state index contributed by atoms with van der Waals surface area (Å²) < 4.78 is 13.4. The molecule has 1 aromatic carbocycles. The first-order valence-corrected chi connectivity index (χ1v) is 6.35. The molecule has 1 aromatic rings.